The van der Waals surface area contributed by atoms with Crippen molar-refractivity contribution in [2.75, 3.05) is 24.7 Å². The summed E-state index contributed by atoms with van der Waals surface area (Å²) in [4.78, 5) is 26.7. The van der Waals surface area contributed by atoms with Gasteiger partial charge in [0, 0.05) is 24.1 Å². The molecule has 0 spiro atoms. The summed E-state index contributed by atoms with van der Waals surface area (Å²) in [6.45, 7) is 4.24. The number of hydrogen-bond acceptors (Lipinski definition) is 4. The standard InChI is InChI=1S/C21H26N2O4S/c1-4-13-23(14-20(24)22-19-8-6-5-7-16(19)2)21(25)18-11-9-17(10-12-18)15-28(3,26)27/h5-12H,4,13-15H2,1-3H3,(H,22,24). The summed E-state index contributed by atoms with van der Waals surface area (Å²) in [5.41, 5.74) is 2.72. The Kier molecular flexibility index (Phi) is 7.34. The second kappa shape index (κ2) is 9.50. The topological polar surface area (TPSA) is 83.6 Å². The van der Waals surface area contributed by atoms with Gasteiger partial charge in [0.05, 0.1) is 5.75 Å². The van der Waals surface area contributed by atoms with Gasteiger partial charge in [0.25, 0.3) is 5.91 Å². The van der Waals surface area contributed by atoms with Crippen LogP contribution < -0.4 is 5.32 Å². The SMILES string of the molecule is CCCN(CC(=O)Nc1ccccc1C)C(=O)c1ccc(CS(C)(=O)=O)cc1. The van der Waals surface area contributed by atoms with Crippen LogP contribution in [0.1, 0.15) is 34.8 Å². The largest absolute Gasteiger partial charge is 0.329 e. The van der Waals surface area contributed by atoms with Crippen LogP contribution in [0.3, 0.4) is 0 Å². The number of carbonyl (C=O) groups is 2. The average molecular weight is 403 g/mol. The molecular formula is C21H26N2O4S. The van der Waals surface area contributed by atoms with Crippen LogP contribution >= 0.6 is 0 Å². The normalized spacial score (nSPS) is 11.1. The Labute approximate surface area is 166 Å². The van der Waals surface area contributed by atoms with Gasteiger partial charge in [-0.05, 0) is 42.7 Å². The number of carbonyl (C=O) groups excluding carboxylic acids is 2. The number of nitrogens with zero attached hydrogens (tertiary/aromatic N) is 1. The molecule has 0 fully saturated rings. The van der Waals surface area contributed by atoms with E-state index in [-0.39, 0.29) is 24.1 Å². The predicted molar refractivity (Wildman–Crippen MR) is 111 cm³/mol. The minimum Gasteiger partial charge on any atom is -0.329 e. The molecule has 7 heteroatoms. The van der Waals surface area contributed by atoms with Crippen LogP contribution in [0.4, 0.5) is 5.69 Å². The monoisotopic (exact) mass is 402 g/mol. The first-order valence-electron chi connectivity index (χ1n) is 9.11. The highest BCUT2D eigenvalue weighted by molar-refractivity contribution is 7.89. The van der Waals surface area contributed by atoms with Crippen molar-refractivity contribution >= 4 is 27.3 Å². The Morgan fingerprint density at radius 2 is 1.68 bits per heavy atom. The van der Waals surface area contributed by atoms with Crippen LogP contribution in [0.5, 0.6) is 0 Å². The van der Waals surface area contributed by atoms with E-state index in [4.69, 9.17) is 0 Å². The molecular weight excluding hydrogens is 376 g/mol. The first kappa shape index (κ1) is 21.6. The molecule has 0 aliphatic carbocycles. The molecule has 28 heavy (non-hydrogen) atoms. The van der Waals surface area contributed by atoms with Crippen molar-refractivity contribution in [1.29, 1.82) is 0 Å². The third kappa shape index (κ3) is 6.49. The molecule has 2 aromatic rings. The molecule has 0 atom stereocenters. The molecule has 2 aromatic carbocycles. The van der Waals surface area contributed by atoms with Crippen molar-refractivity contribution in [2.24, 2.45) is 0 Å². The number of nitrogens with one attached hydrogen (secondary N) is 1. The minimum atomic E-state index is -3.13. The number of anilines is 1. The third-order valence-electron chi connectivity index (χ3n) is 4.16. The Morgan fingerprint density at radius 3 is 2.25 bits per heavy atom. The van der Waals surface area contributed by atoms with Gasteiger partial charge in [0.15, 0.2) is 9.84 Å². The fourth-order valence-electron chi connectivity index (χ4n) is 2.83. The summed E-state index contributed by atoms with van der Waals surface area (Å²) in [6.07, 6.45) is 1.89. The number of aryl methyl sites for hydroxylation is 1. The van der Waals surface area contributed by atoms with Gasteiger partial charge in [-0.3, -0.25) is 9.59 Å². The van der Waals surface area contributed by atoms with Crippen LogP contribution in [0, 0.1) is 6.92 Å². The zero-order valence-electron chi connectivity index (χ0n) is 16.4. The van der Waals surface area contributed by atoms with E-state index >= 15 is 0 Å². The van der Waals surface area contributed by atoms with Crippen molar-refractivity contribution in [1.82, 2.24) is 4.90 Å². The number of para-hydroxylation sites is 1. The van der Waals surface area contributed by atoms with Crippen LogP contribution in [0.15, 0.2) is 48.5 Å². The molecule has 2 amide bonds. The lowest BCUT2D eigenvalue weighted by Crippen LogP contribution is -2.38. The van der Waals surface area contributed by atoms with Crippen LogP contribution in [0.2, 0.25) is 0 Å². The fourth-order valence-corrected chi connectivity index (χ4v) is 3.63. The quantitative estimate of drug-likeness (QED) is 0.736. The molecule has 2 rings (SSSR count). The van der Waals surface area contributed by atoms with E-state index in [2.05, 4.69) is 5.32 Å². The molecule has 0 radical (unpaired) electrons. The molecule has 1 N–H and O–H groups in total. The molecule has 0 heterocycles. The van der Waals surface area contributed by atoms with E-state index < -0.39 is 9.84 Å². The molecule has 0 saturated carbocycles. The number of rotatable bonds is 8. The lowest BCUT2D eigenvalue weighted by Gasteiger charge is -2.22. The van der Waals surface area contributed by atoms with Crippen LogP contribution in [0.25, 0.3) is 0 Å². The van der Waals surface area contributed by atoms with Crippen molar-refractivity contribution in [3.05, 3.63) is 65.2 Å². The molecule has 6 nitrogen and oxygen atoms in total. The van der Waals surface area contributed by atoms with Gasteiger partial charge in [0.1, 0.15) is 6.54 Å². The minimum absolute atomic E-state index is 0.0495. The highest BCUT2D eigenvalue weighted by atomic mass is 32.2. The summed E-state index contributed by atoms with van der Waals surface area (Å²) in [5, 5.41) is 2.84. The van der Waals surface area contributed by atoms with Gasteiger partial charge in [-0.15, -0.1) is 0 Å². The maximum absolute atomic E-state index is 12.8. The fraction of sp³-hybridized carbons (Fsp3) is 0.333. The first-order chi connectivity index (χ1) is 13.2. The Bertz CT molecular complexity index is 937. The second-order valence-corrected chi connectivity index (χ2v) is 9.00. The Morgan fingerprint density at radius 1 is 1.04 bits per heavy atom. The van der Waals surface area contributed by atoms with Gasteiger partial charge in [0.2, 0.25) is 5.91 Å². The summed E-state index contributed by atoms with van der Waals surface area (Å²) in [5.74, 6) is -0.587. The van der Waals surface area contributed by atoms with Crippen LogP contribution in [-0.4, -0.2) is 44.5 Å². The number of sulfone groups is 1. The zero-order chi connectivity index (χ0) is 20.7. The van der Waals surface area contributed by atoms with Gasteiger partial charge in [-0.2, -0.15) is 0 Å². The van der Waals surface area contributed by atoms with E-state index in [0.29, 0.717) is 17.7 Å². The second-order valence-electron chi connectivity index (χ2n) is 6.86. The third-order valence-corrected chi connectivity index (χ3v) is 5.02. The maximum Gasteiger partial charge on any atom is 0.254 e. The Hall–Kier alpha value is -2.67. The van der Waals surface area contributed by atoms with E-state index in [0.717, 1.165) is 17.7 Å². The molecule has 0 aliphatic rings. The molecule has 0 aliphatic heterocycles. The maximum atomic E-state index is 12.8. The van der Waals surface area contributed by atoms with Gasteiger partial charge >= 0.3 is 0 Å². The number of benzene rings is 2. The predicted octanol–water partition coefficient (Wildman–Crippen LogP) is 3.03. The summed E-state index contributed by atoms with van der Waals surface area (Å²) in [6, 6.07) is 13.9. The lowest BCUT2D eigenvalue weighted by atomic mass is 10.1. The van der Waals surface area contributed by atoms with E-state index in [1.807, 2.05) is 38.1 Å². The lowest BCUT2D eigenvalue weighted by molar-refractivity contribution is -0.116. The Balaban J connectivity index is 2.08. The highest BCUT2D eigenvalue weighted by Crippen LogP contribution is 2.14. The number of amides is 2. The first-order valence-corrected chi connectivity index (χ1v) is 11.2. The molecule has 0 aromatic heterocycles. The highest BCUT2D eigenvalue weighted by Gasteiger charge is 2.19. The average Bonchev–Trinajstić information content (AvgIpc) is 2.62. The summed E-state index contributed by atoms with van der Waals surface area (Å²) >= 11 is 0. The van der Waals surface area contributed by atoms with Crippen LogP contribution in [-0.2, 0) is 20.4 Å². The summed E-state index contributed by atoms with van der Waals surface area (Å²) < 4.78 is 22.8. The number of hydrogen-bond donors (Lipinski definition) is 1. The smallest absolute Gasteiger partial charge is 0.254 e. The summed E-state index contributed by atoms with van der Waals surface area (Å²) in [7, 11) is -3.13. The molecule has 0 saturated heterocycles. The molecule has 0 bridgehead atoms. The van der Waals surface area contributed by atoms with E-state index in [1.165, 1.54) is 11.2 Å². The zero-order valence-corrected chi connectivity index (χ0v) is 17.3. The van der Waals surface area contributed by atoms with Crippen molar-refractivity contribution in [3.63, 3.8) is 0 Å². The van der Waals surface area contributed by atoms with Crippen molar-refractivity contribution in [2.45, 2.75) is 26.0 Å². The van der Waals surface area contributed by atoms with Gasteiger partial charge < -0.3 is 10.2 Å². The molecule has 150 valence electrons. The van der Waals surface area contributed by atoms with E-state index in [9.17, 15) is 18.0 Å². The molecule has 0 unspecified atom stereocenters. The van der Waals surface area contributed by atoms with Gasteiger partial charge in [-0.25, -0.2) is 8.42 Å². The van der Waals surface area contributed by atoms with Gasteiger partial charge in [-0.1, -0.05) is 37.3 Å². The van der Waals surface area contributed by atoms with Crippen molar-refractivity contribution < 1.29 is 18.0 Å². The van der Waals surface area contributed by atoms with Crippen molar-refractivity contribution in [3.8, 4) is 0 Å². The van der Waals surface area contributed by atoms with E-state index in [1.54, 1.807) is 24.3 Å².